The Balaban J connectivity index is 1.26. The number of hydrogen-bond donors (Lipinski definition) is 6. The summed E-state index contributed by atoms with van der Waals surface area (Å²) in [5.41, 5.74) is 9.55. The van der Waals surface area contributed by atoms with E-state index < -0.39 is 71.0 Å². The summed E-state index contributed by atoms with van der Waals surface area (Å²) in [6.45, 7) is 0.226. The molecule has 2 fully saturated rings. The van der Waals surface area contributed by atoms with Gasteiger partial charge >= 0.3 is 16.1 Å². The minimum Gasteiger partial charge on any atom is -0.394 e. The normalized spacial score (nSPS) is 29.0. The predicted molar refractivity (Wildman–Crippen MR) is 146 cm³/mol. The number of nitrogens with one attached hydrogen (secondary N) is 1. The fraction of sp³-hybridized carbons (Fsp3) is 0.524. The first-order valence-electron chi connectivity index (χ1n) is 13.0. The van der Waals surface area contributed by atoms with Crippen LogP contribution in [0.4, 0.5) is 11.8 Å². The van der Waals surface area contributed by atoms with E-state index in [9.17, 15) is 28.8 Å². The first kappa shape index (κ1) is 30.5. The molecule has 4 aromatic rings. The molecule has 2 aliphatic heterocycles. The summed E-state index contributed by atoms with van der Waals surface area (Å²) in [5.74, 6) is -0.727. The fourth-order valence-corrected chi connectivity index (χ4v) is 6.98. The number of ether oxygens (including phenoxy) is 2. The van der Waals surface area contributed by atoms with Crippen molar-refractivity contribution in [3.05, 3.63) is 29.3 Å². The van der Waals surface area contributed by atoms with Gasteiger partial charge in [-0.1, -0.05) is 6.92 Å². The van der Waals surface area contributed by atoms with Gasteiger partial charge < -0.3 is 30.9 Å². The average Bonchev–Trinajstić information content (AvgIpc) is 3.73. The number of nitrogen functional groups attached to an aromatic ring is 2. The zero-order chi connectivity index (χ0) is 31.4. The molecule has 21 nitrogen and oxygen atoms in total. The van der Waals surface area contributed by atoms with Crippen molar-refractivity contribution in [1.29, 1.82) is 0 Å². The SMILES string of the molecule is C[C@@H]1[C@H](O[P+](=O)O)[C@@H](COP(=O)(O)O[C@@]2(n3cnc4c(=O)[nH]c(N)nc43)CO[C@H](CO)C2)O[C@H]1n1cnc2c(N)ncnc21. The highest BCUT2D eigenvalue weighted by atomic mass is 31.2. The van der Waals surface area contributed by atoms with Crippen molar-refractivity contribution in [2.45, 2.75) is 43.6 Å². The van der Waals surface area contributed by atoms with E-state index in [4.69, 9.17) is 34.5 Å². The number of H-pyrrole nitrogens is 1. The number of aromatic amines is 1. The molecule has 8 N–H and O–H groups in total. The summed E-state index contributed by atoms with van der Waals surface area (Å²) in [7, 11) is -8.14. The standard InChI is InChI=1S/C21H26N10O11P2/c1-9-14(41-43(34)35)11(40-19(9)30-7-26-12-15(22)24-6-25-16(12)30)4-39-44(36,37)42-21(2-10(3-32)38-5-21)31-8-27-13-17(31)28-20(23)29-18(13)33/h6-11,14,19,32H,2-5H2,1H3,(H6-,22,23,24,25,28,29,33,34,35,36,37)/p+1/t9-,10+,11-,14+,19-,21-/m1/s1. The number of phosphoric acid groups is 1. The highest BCUT2D eigenvalue weighted by Crippen LogP contribution is 2.53. The molecule has 0 amide bonds. The van der Waals surface area contributed by atoms with Gasteiger partial charge in [0, 0.05) is 16.9 Å². The molecule has 2 aliphatic rings. The highest BCUT2D eigenvalue weighted by Gasteiger charge is 2.52. The monoisotopic (exact) mass is 657 g/mol. The summed E-state index contributed by atoms with van der Waals surface area (Å²) in [6.07, 6.45) is -0.288. The first-order chi connectivity index (χ1) is 20.9. The maximum atomic E-state index is 13.4. The Morgan fingerprint density at radius 2 is 2.00 bits per heavy atom. The van der Waals surface area contributed by atoms with E-state index in [1.165, 1.54) is 21.8 Å². The van der Waals surface area contributed by atoms with Crippen LogP contribution in [0.15, 0.2) is 23.8 Å². The first-order valence-corrected chi connectivity index (χ1v) is 15.6. The molecular weight excluding hydrogens is 630 g/mol. The Morgan fingerprint density at radius 3 is 2.73 bits per heavy atom. The summed E-state index contributed by atoms with van der Waals surface area (Å²) in [6, 6.07) is 0. The maximum absolute atomic E-state index is 13.4. The number of aromatic nitrogens is 8. The van der Waals surface area contributed by atoms with Crippen LogP contribution >= 0.6 is 16.1 Å². The van der Waals surface area contributed by atoms with Crippen LogP contribution < -0.4 is 17.0 Å². The van der Waals surface area contributed by atoms with Crippen molar-refractivity contribution in [2.75, 3.05) is 31.3 Å². The van der Waals surface area contributed by atoms with Gasteiger partial charge in [0.25, 0.3) is 5.56 Å². The maximum Gasteiger partial charge on any atom is 0.695 e. The molecule has 23 heteroatoms. The molecular formula is C21H27N10O11P2+. The second-order valence-corrected chi connectivity index (χ2v) is 12.2. The predicted octanol–water partition coefficient (Wildman–Crippen LogP) is -0.740. The van der Waals surface area contributed by atoms with Crippen LogP contribution in [0.2, 0.25) is 0 Å². The zero-order valence-electron chi connectivity index (χ0n) is 22.7. The average molecular weight is 657 g/mol. The van der Waals surface area contributed by atoms with Crippen LogP contribution in [0, 0.1) is 5.92 Å². The van der Waals surface area contributed by atoms with Crippen LogP contribution in [0.1, 0.15) is 19.6 Å². The largest absolute Gasteiger partial charge is 0.695 e. The van der Waals surface area contributed by atoms with Crippen LogP contribution in [0.25, 0.3) is 22.3 Å². The lowest BCUT2D eigenvalue weighted by Gasteiger charge is -2.31. The lowest BCUT2D eigenvalue weighted by molar-refractivity contribution is -0.0661. The third-order valence-corrected chi connectivity index (χ3v) is 8.84. The second-order valence-electron chi connectivity index (χ2n) is 10.2. The van der Waals surface area contributed by atoms with E-state index in [2.05, 4.69) is 29.9 Å². The quantitative estimate of drug-likeness (QED) is 0.114. The lowest BCUT2D eigenvalue weighted by atomic mass is 10.0. The molecule has 44 heavy (non-hydrogen) atoms. The van der Waals surface area contributed by atoms with E-state index in [-0.39, 0.29) is 36.0 Å². The van der Waals surface area contributed by atoms with Gasteiger partial charge in [0.2, 0.25) is 5.95 Å². The fourth-order valence-electron chi connectivity index (χ4n) is 5.41. The van der Waals surface area contributed by atoms with Gasteiger partial charge in [-0.3, -0.25) is 28.0 Å². The molecule has 2 unspecified atom stereocenters. The minimum absolute atomic E-state index is 0.0681. The molecule has 6 rings (SSSR count). The van der Waals surface area contributed by atoms with Gasteiger partial charge in [-0.2, -0.15) is 4.98 Å². The van der Waals surface area contributed by atoms with E-state index in [0.717, 1.165) is 6.33 Å². The Kier molecular flexibility index (Phi) is 7.95. The molecule has 0 aromatic carbocycles. The summed E-state index contributed by atoms with van der Waals surface area (Å²) in [5, 5.41) is 9.70. The molecule has 0 aliphatic carbocycles. The van der Waals surface area contributed by atoms with E-state index >= 15 is 0 Å². The highest BCUT2D eigenvalue weighted by molar-refractivity contribution is 7.47. The third kappa shape index (κ3) is 5.47. The van der Waals surface area contributed by atoms with Gasteiger partial charge in [-0.05, 0) is 0 Å². The Labute approximate surface area is 246 Å². The van der Waals surface area contributed by atoms with Gasteiger partial charge in [-0.25, -0.2) is 24.5 Å². The summed E-state index contributed by atoms with van der Waals surface area (Å²) in [4.78, 5) is 55.5. The number of hydrogen-bond acceptors (Lipinski definition) is 16. The van der Waals surface area contributed by atoms with Crippen LogP contribution in [-0.4, -0.2) is 92.1 Å². The van der Waals surface area contributed by atoms with Crippen molar-refractivity contribution in [2.24, 2.45) is 5.92 Å². The molecule has 0 radical (unpaired) electrons. The number of nitrogens with two attached hydrogens (primary N) is 2. The smallest absolute Gasteiger partial charge is 0.394 e. The molecule has 6 heterocycles. The van der Waals surface area contributed by atoms with Gasteiger partial charge in [0.1, 0.15) is 24.2 Å². The Hall–Kier alpha value is -3.49. The van der Waals surface area contributed by atoms with Crippen LogP contribution in [0.3, 0.4) is 0 Å². The molecule has 8 atom stereocenters. The van der Waals surface area contributed by atoms with Crippen LogP contribution in [-0.2, 0) is 37.9 Å². The lowest BCUT2D eigenvalue weighted by Crippen LogP contribution is -2.37. The topological polar surface area (TPSA) is 300 Å². The minimum atomic E-state index is -5.03. The zero-order valence-corrected chi connectivity index (χ0v) is 24.5. The van der Waals surface area contributed by atoms with Crippen molar-refractivity contribution >= 4 is 50.2 Å². The molecule has 0 spiro atoms. The van der Waals surface area contributed by atoms with Crippen LogP contribution in [0.5, 0.6) is 0 Å². The number of fused-ring (bicyclic) bond motifs is 2. The van der Waals surface area contributed by atoms with E-state index in [1.807, 2.05) is 0 Å². The third-order valence-electron chi connectivity index (χ3n) is 7.37. The molecule has 4 aromatic heterocycles. The molecule has 0 saturated carbocycles. The van der Waals surface area contributed by atoms with E-state index in [1.54, 1.807) is 6.92 Å². The number of imidazole rings is 2. The summed E-state index contributed by atoms with van der Waals surface area (Å²) >= 11 is 0. The van der Waals surface area contributed by atoms with Gasteiger partial charge in [0.05, 0.1) is 38.6 Å². The second kappa shape index (κ2) is 11.5. The number of aliphatic hydroxyl groups is 1. The van der Waals surface area contributed by atoms with Crippen molar-refractivity contribution in [1.82, 2.24) is 39.0 Å². The van der Waals surface area contributed by atoms with Crippen molar-refractivity contribution in [3.63, 3.8) is 0 Å². The number of phosphoric ester groups is 1. The number of aliphatic hydroxyl groups excluding tert-OH is 1. The Morgan fingerprint density at radius 1 is 1.23 bits per heavy atom. The number of anilines is 2. The van der Waals surface area contributed by atoms with Gasteiger partial charge in [-0.15, -0.1) is 9.42 Å². The summed E-state index contributed by atoms with van der Waals surface area (Å²) < 4.78 is 55.7. The van der Waals surface area contributed by atoms with Gasteiger partial charge in [0.15, 0.2) is 34.5 Å². The Bertz CT molecular complexity index is 1830. The van der Waals surface area contributed by atoms with Crippen molar-refractivity contribution < 1.29 is 47.1 Å². The molecule has 2 saturated heterocycles. The number of nitrogens with zero attached hydrogens (tertiary/aromatic N) is 7. The number of rotatable bonds is 10. The molecule has 236 valence electrons. The van der Waals surface area contributed by atoms with E-state index in [0.29, 0.717) is 11.2 Å². The van der Waals surface area contributed by atoms with Crippen molar-refractivity contribution in [3.8, 4) is 0 Å². The molecule has 0 bridgehead atoms.